The van der Waals surface area contributed by atoms with E-state index < -0.39 is 5.97 Å². The van der Waals surface area contributed by atoms with Gasteiger partial charge in [-0.15, -0.1) is 0 Å². The van der Waals surface area contributed by atoms with Gasteiger partial charge >= 0.3 is 5.97 Å². The molecule has 0 unspecified atom stereocenters. The summed E-state index contributed by atoms with van der Waals surface area (Å²) in [6, 6.07) is 0. The van der Waals surface area contributed by atoms with Crippen LogP contribution in [0.25, 0.3) is 0 Å². The van der Waals surface area contributed by atoms with Crippen molar-refractivity contribution in [1.82, 2.24) is 0 Å². The minimum Gasteiger partial charge on any atom is -0.464 e. The molecule has 0 rings (SSSR count). The summed E-state index contributed by atoms with van der Waals surface area (Å²) in [6.07, 6.45) is 0. The van der Waals surface area contributed by atoms with E-state index in [0.717, 1.165) is 0 Å². The van der Waals surface area contributed by atoms with Gasteiger partial charge in [0.15, 0.2) is 4.99 Å². The van der Waals surface area contributed by atoms with Crippen molar-refractivity contribution in [3.05, 3.63) is 0 Å². The molecule has 0 aliphatic rings. The van der Waals surface area contributed by atoms with Gasteiger partial charge in [0.25, 0.3) is 0 Å². The molecule has 0 radical (unpaired) electrons. The van der Waals surface area contributed by atoms with Gasteiger partial charge in [-0.2, -0.15) is 0 Å². The number of thiocarbonyl (C=S) groups is 1. The van der Waals surface area contributed by atoms with Crippen LogP contribution in [0.5, 0.6) is 0 Å². The summed E-state index contributed by atoms with van der Waals surface area (Å²) in [5.74, 6) is -0.644. The third-order valence-corrected chi connectivity index (χ3v) is 0.553. The van der Waals surface area contributed by atoms with Crippen LogP contribution in [0.1, 0.15) is 0 Å². The predicted molar refractivity (Wildman–Crippen MR) is 28.8 cm³/mol. The van der Waals surface area contributed by atoms with E-state index in [1.807, 2.05) is 0 Å². The summed E-state index contributed by atoms with van der Waals surface area (Å²) in [5.41, 5.74) is 4.80. The summed E-state index contributed by atoms with van der Waals surface area (Å²) in [5, 5.41) is 0. The Labute approximate surface area is 46.4 Å². The van der Waals surface area contributed by atoms with Crippen molar-refractivity contribution in [2.75, 3.05) is 7.11 Å². The first kappa shape index (κ1) is 6.36. The van der Waals surface area contributed by atoms with E-state index in [-0.39, 0.29) is 4.99 Å². The average molecular weight is 119 g/mol. The molecule has 0 aliphatic carbocycles. The SMILES string of the molecule is COC(=O)C(N)=S. The van der Waals surface area contributed by atoms with Gasteiger partial charge in [0.2, 0.25) is 0 Å². The standard InChI is InChI=1S/C3H5NO2S/c1-6-3(5)2(4)7/h1H3,(H2,4,7). The molecule has 2 N–H and O–H groups in total. The molecule has 0 bridgehead atoms. The van der Waals surface area contributed by atoms with Crippen LogP contribution < -0.4 is 5.73 Å². The van der Waals surface area contributed by atoms with Gasteiger partial charge in [0.1, 0.15) is 0 Å². The molecule has 4 heteroatoms. The van der Waals surface area contributed by atoms with Crippen LogP contribution in [0, 0.1) is 0 Å². The van der Waals surface area contributed by atoms with Gasteiger partial charge < -0.3 is 10.5 Å². The summed E-state index contributed by atoms with van der Waals surface area (Å²) >= 11 is 4.22. The van der Waals surface area contributed by atoms with Crippen LogP contribution in [-0.2, 0) is 9.53 Å². The molecular formula is C3H5NO2S. The van der Waals surface area contributed by atoms with E-state index in [0.29, 0.717) is 0 Å². The summed E-state index contributed by atoms with van der Waals surface area (Å²) in [4.78, 5) is 9.79. The molecule has 0 aliphatic heterocycles. The van der Waals surface area contributed by atoms with Gasteiger partial charge in [-0.25, -0.2) is 4.79 Å². The first-order valence-corrected chi connectivity index (χ1v) is 1.97. The zero-order valence-electron chi connectivity index (χ0n) is 3.80. The molecule has 0 saturated heterocycles. The zero-order valence-corrected chi connectivity index (χ0v) is 4.62. The van der Waals surface area contributed by atoms with E-state index in [9.17, 15) is 4.79 Å². The molecule has 0 atom stereocenters. The Kier molecular flexibility index (Phi) is 2.29. The van der Waals surface area contributed by atoms with Crippen molar-refractivity contribution in [2.45, 2.75) is 0 Å². The number of ether oxygens (including phenoxy) is 1. The highest BCUT2D eigenvalue weighted by atomic mass is 32.1. The highest BCUT2D eigenvalue weighted by Gasteiger charge is 1.99. The van der Waals surface area contributed by atoms with E-state index >= 15 is 0 Å². The minimum atomic E-state index is -0.644. The van der Waals surface area contributed by atoms with Crippen molar-refractivity contribution in [3.8, 4) is 0 Å². The topological polar surface area (TPSA) is 52.3 Å². The second-order valence-electron chi connectivity index (χ2n) is 0.856. The van der Waals surface area contributed by atoms with Crippen molar-refractivity contribution < 1.29 is 9.53 Å². The Morgan fingerprint density at radius 1 is 1.86 bits per heavy atom. The van der Waals surface area contributed by atoms with Crippen LogP contribution in [0.4, 0.5) is 0 Å². The summed E-state index contributed by atoms with van der Waals surface area (Å²) in [7, 11) is 1.22. The number of carbonyl (C=O) groups is 1. The Morgan fingerprint density at radius 3 is 2.29 bits per heavy atom. The van der Waals surface area contributed by atoms with Crippen molar-refractivity contribution in [3.63, 3.8) is 0 Å². The van der Waals surface area contributed by atoms with Gasteiger partial charge in [0.05, 0.1) is 7.11 Å². The maximum Gasteiger partial charge on any atom is 0.365 e. The van der Waals surface area contributed by atoms with Crippen LogP contribution in [-0.4, -0.2) is 18.1 Å². The molecule has 0 aromatic carbocycles. The van der Waals surface area contributed by atoms with Crippen LogP contribution in [0.2, 0.25) is 0 Å². The molecule has 0 amide bonds. The molecule has 3 nitrogen and oxygen atoms in total. The van der Waals surface area contributed by atoms with Crippen molar-refractivity contribution >= 4 is 23.2 Å². The highest BCUT2D eigenvalue weighted by molar-refractivity contribution is 7.81. The maximum atomic E-state index is 10.0. The number of rotatable bonds is 0. The molecule has 0 aromatic rings. The highest BCUT2D eigenvalue weighted by Crippen LogP contribution is 1.70. The van der Waals surface area contributed by atoms with E-state index in [1.54, 1.807) is 0 Å². The lowest BCUT2D eigenvalue weighted by molar-refractivity contribution is -0.132. The number of carbonyl (C=O) groups excluding carboxylic acids is 1. The number of hydrogen-bond donors (Lipinski definition) is 1. The van der Waals surface area contributed by atoms with Crippen LogP contribution in [0.15, 0.2) is 0 Å². The normalized spacial score (nSPS) is 7.57. The monoisotopic (exact) mass is 119 g/mol. The summed E-state index contributed by atoms with van der Waals surface area (Å²) < 4.78 is 4.11. The molecule has 0 saturated carbocycles. The van der Waals surface area contributed by atoms with Crippen LogP contribution >= 0.6 is 12.2 Å². The van der Waals surface area contributed by atoms with Gasteiger partial charge in [-0.3, -0.25) is 0 Å². The third-order valence-electron chi connectivity index (χ3n) is 0.387. The lowest BCUT2D eigenvalue weighted by atomic mass is 10.7. The van der Waals surface area contributed by atoms with Gasteiger partial charge in [-0.05, 0) is 0 Å². The van der Waals surface area contributed by atoms with Crippen molar-refractivity contribution in [1.29, 1.82) is 0 Å². The number of hydrogen-bond acceptors (Lipinski definition) is 3. The first-order valence-electron chi connectivity index (χ1n) is 1.56. The van der Waals surface area contributed by atoms with Gasteiger partial charge in [-0.1, -0.05) is 12.2 Å². The molecule has 40 valence electrons. The quantitative estimate of drug-likeness (QED) is 0.343. The number of esters is 1. The van der Waals surface area contributed by atoms with E-state index in [1.165, 1.54) is 7.11 Å². The minimum absolute atomic E-state index is 0.234. The second-order valence-corrected chi connectivity index (χ2v) is 1.30. The maximum absolute atomic E-state index is 10.0. The molecule has 0 fully saturated rings. The Balaban J connectivity index is 3.58. The van der Waals surface area contributed by atoms with Crippen LogP contribution in [0.3, 0.4) is 0 Å². The molecule has 7 heavy (non-hydrogen) atoms. The largest absolute Gasteiger partial charge is 0.464 e. The molecule has 0 heterocycles. The third kappa shape index (κ3) is 2.11. The zero-order chi connectivity index (χ0) is 5.86. The first-order chi connectivity index (χ1) is 3.18. The average Bonchev–Trinajstić information content (AvgIpc) is 1.65. The van der Waals surface area contributed by atoms with E-state index in [2.05, 4.69) is 17.0 Å². The summed E-state index contributed by atoms with van der Waals surface area (Å²) in [6.45, 7) is 0. The molecule has 0 aromatic heterocycles. The number of methoxy groups -OCH3 is 1. The Bertz CT molecular complexity index is 101. The lowest BCUT2D eigenvalue weighted by Crippen LogP contribution is -2.21. The molecule has 0 spiro atoms. The Morgan fingerprint density at radius 2 is 2.29 bits per heavy atom. The van der Waals surface area contributed by atoms with Crippen molar-refractivity contribution in [2.24, 2.45) is 5.73 Å². The van der Waals surface area contributed by atoms with Gasteiger partial charge in [0, 0.05) is 0 Å². The number of nitrogens with two attached hydrogens (primary N) is 1. The fourth-order valence-electron chi connectivity index (χ4n) is 0.101. The fraction of sp³-hybridized carbons (Fsp3) is 0.333. The lowest BCUT2D eigenvalue weighted by Gasteiger charge is -1.89. The predicted octanol–water partition coefficient (Wildman–Crippen LogP) is -0.554. The fourth-order valence-corrected chi connectivity index (χ4v) is 0.184. The smallest absolute Gasteiger partial charge is 0.365 e. The molecular weight excluding hydrogens is 114 g/mol. The Hall–Kier alpha value is -0.640. The second kappa shape index (κ2) is 2.52. The van der Waals surface area contributed by atoms with E-state index in [4.69, 9.17) is 5.73 Å².